The van der Waals surface area contributed by atoms with Gasteiger partial charge < -0.3 is 9.53 Å². The highest BCUT2D eigenvalue weighted by Crippen LogP contribution is 2.58. The Balaban J connectivity index is 2.47. The Hall–Kier alpha value is -0.860. The number of carbonyl (C=O) groups is 2. The Morgan fingerprint density at radius 1 is 1.58 bits per heavy atom. The lowest BCUT2D eigenvalue weighted by molar-refractivity contribution is -0.141. The monoisotopic (exact) mass is 170 g/mol. The van der Waals surface area contributed by atoms with Crippen molar-refractivity contribution in [2.75, 3.05) is 7.11 Å². The molecule has 0 saturated heterocycles. The molecule has 1 aliphatic carbocycles. The van der Waals surface area contributed by atoms with Gasteiger partial charge in [0.15, 0.2) is 0 Å². The van der Waals surface area contributed by atoms with Crippen molar-refractivity contribution in [2.45, 2.75) is 20.3 Å². The van der Waals surface area contributed by atoms with Crippen LogP contribution >= 0.6 is 0 Å². The van der Waals surface area contributed by atoms with Gasteiger partial charge in [-0.05, 0) is 11.3 Å². The molecule has 0 aliphatic heterocycles. The van der Waals surface area contributed by atoms with Crippen LogP contribution in [0.3, 0.4) is 0 Å². The van der Waals surface area contributed by atoms with Crippen molar-refractivity contribution in [3.05, 3.63) is 0 Å². The Labute approximate surface area is 72.1 Å². The highest BCUT2D eigenvalue weighted by molar-refractivity contribution is 5.72. The molecule has 0 N–H and O–H groups in total. The van der Waals surface area contributed by atoms with Gasteiger partial charge in [0, 0.05) is 12.3 Å². The van der Waals surface area contributed by atoms with E-state index in [1.807, 2.05) is 13.8 Å². The molecule has 0 aromatic heterocycles. The van der Waals surface area contributed by atoms with Crippen molar-refractivity contribution in [1.82, 2.24) is 0 Å². The van der Waals surface area contributed by atoms with Crippen LogP contribution in [-0.2, 0) is 14.3 Å². The van der Waals surface area contributed by atoms with E-state index in [2.05, 4.69) is 4.74 Å². The number of methoxy groups -OCH3 is 1. The summed E-state index contributed by atoms with van der Waals surface area (Å²) in [4.78, 5) is 21.4. The molecule has 1 rings (SSSR count). The molecular formula is C9H14O3. The first kappa shape index (κ1) is 9.23. The number of aldehydes is 1. The zero-order valence-corrected chi connectivity index (χ0v) is 7.66. The normalized spacial score (nSPS) is 30.9. The zero-order chi connectivity index (χ0) is 9.35. The van der Waals surface area contributed by atoms with Gasteiger partial charge in [-0.2, -0.15) is 0 Å². The second-order valence-electron chi connectivity index (χ2n) is 3.87. The molecule has 2 atom stereocenters. The van der Waals surface area contributed by atoms with Crippen LogP contribution in [0.25, 0.3) is 0 Å². The summed E-state index contributed by atoms with van der Waals surface area (Å²) in [5.41, 5.74) is -0.00403. The second-order valence-corrected chi connectivity index (χ2v) is 3.87. The minimum Gasteiger partial charge on any atom is -0.469 e. The van der Waals surface area contributed by atoms with E-state index < -0.39 is 0 Å². The van der Waals surface area contributed by atoms with E-state index in [4.69, 9.17) is 0 Å². The molecule has 0 aromatic rings. The van der Waals surface area contributed by atoms with E-state index >= 15 is 0 Å². The summed E-state index contributed by atoms with van der Waals surface area (Å²) < 4.78 is 4.53. The molecule has 68 valence electrons. The maximum atomic E-state index is 10.9. The van der Waals surface area contributed by atoms with Gasteiger partial charge in [0.2, 0.25) is 0 Å². The van der Waals surface area contributed by atoms with Crippen molar-refractivity contribution in [3.8, 4) is 0 Å². The molecule has 1 aliphatic rings. The van der Waals surface area contributed by atoms with E-state index in [0.717, 1.165) is 6.29 Å². The fourth-order valence-corrected chi connectivity index (χ4v) is 1.71. The number of carbonyl (C=O) groups excluding carboxylic acids is 2. The van der Waals surface area contributed by atoms with Crippen LogP contribution in [0.4, 0.5) is 0 Å². The zero-order valence-electron chi connectivity index (χ0n) is 7.66. The van der Waals surface area contributed by atoms with Gasteiger partial charge in [0.1, 0.15) is 6.29 Å². The first-order valence-corrected chi connectivity index (χ1v) is 4.06. The van der Waals surface area contributed by atoms with E-state index in [9.17, 15) is 9.59 Å². The van der Waals surface area contributed by atoms with Gasteiger partial charge in [-0.3, -0.25) is 4.79 Å². The number of hydrogen-bond acceptors (Lipinski definition) is 3. The quantitative estimate of drug-likeness (QED) is 0.469. The van der Waals surface area contributed by atoms with Gasteiger partial charge in [0.25, 0.3) is 0 Å². The third-order valence-electron chi connectivity index (χ3n) is 2.90. The van der Waals surface area contributed by atoms with Gasteiger partial charge in [-0.25, -0.2) is 0 Å². The molecule has 3 nitrogen and oxygen atoms in total. The minimum atomic E-state index is -0.225. The summed E-state index contributed by atoms with van der Waals surface area (Å²) in [7, 11) is 1.37. The highest BCUT2D eigenvalue weighted by Gasteiger charge is 2.58. The largest absolute Gasteiger partial charge is 0.469 e. The highest BCUT2D eigenvalue weighted by atomic mass is 16.5. The molecule has 12 heavy (non-hydrogen) atoms. The smallest absolute Gasteiger partial charge is 0.305 e. The number of ether oxygens (including phenoxy) is 1. The SMILES string of the molecule is COC(=O)CC1C(C=O)C1(C)C. The predicted molar refractivity (Wildman–Crippen MR) is 43.5 cm³/mol. The molecule has 0 aromatic carbocycles. The summed E-state index contributed by atoms with van der Waals surface area (Å²) in [6.45, 7) is 4.00. The second kappa shape index (κ2) is 2.88. The van der Waals surface area contributed by atoms with Crippen LogP contribution in [0.5, 0.6) is 0 Å². The van der Waals surface area contributed by atoms with Crippen molar-refractivity contribution in [3.63, 3.8) is 0 Å². The van der Waals surface area contributed by atoms with Crippen LogP contribution in [0.1, 0.15) is 20.3 Å². The number of esters is 1. The van der Waals surface area contributed by atoms with Gasteiger partial charge in [-0.15, -0.1) is 0 Å². The third-order valence-corrected chi connectivity index (χ3v) is 2.90. The van der Waals surface area contributed by atoms with Gasteiger partial charge in [-0.1, -0.05) is 13.8 Å². The fraction of sp³-hybridized carbons (Fsp3) is 0.778. The van der Waals surface area contributed by atoms with Crippen LogP contribution < -0.4 is 0 Å². The minimum absolute atomic E-state index is 0.00403. The molecule has 0 bridgehead atoms. The Bertz CT molecular complexity index is 208. The Morgan fingerprint density at radius 3 is 2.50 bits per heavy atom. The van der Waals surface area contributed by atoms with E-state index in [1.54, 1.807) is 0 Å². The Morgan fingerprint density at radius 2 is 2.17 bits per heavy atom. The van der Waals surface area contributed by atoms with E-state index in [0.29, 0.717) is 6.42 Å². The Kier molecular flexibility index (Phi) is 2.22. The molecule has 0 heterocycles. The lowest BCUT2D eigenvalue weighted by atomic mass is 10.1. The average Bonchev–Trinajstić information content (AvgIpc) is 2.53. The topological polar surface area (TPSA) is 43.4 Å². The summed E-state index contributed by atoms with van der Waals surface area (Å²) >= 11 is 0. The summed E-state index contributed by atoms with van der Waals surface area (Å²) in [5.74, 6) is -0.00326. The molecule has 3 heteroatoms. The molecule has 2 unspecified atom stereocenters. The molecule has 1 fully saturated rings. The van der Waals surface area contributed by atoms with Crippen LogP contribution in [-0.4, -0.2) is 19.4 Å². The van der Waals surface area contributed by atoms with Crippen molar-refractivity contribution < 1.29 is 14.3 Å². The summed E-state index contributed by atoms with van der Waals surface area (Å²) in [5, 5.41) is 0. The molecule has 1 saturated carbocycles. The summed E-state index contributed by atoms with van der Waals surface area (Å²) in [6, 6.07) is 0. The van der Waals surface area contributed by atoms with Crippen molar-refractivity contribution >= 4 is 12.3 Å². The van der Waals surface area contributed by atoms with Gasteiger partial charge in [0.05, 0.1) is 7.11 Å². The molecule has 0 spiro atoms. The molecular weight excluding hydrogens is 156 g/mol. The number of hydrogen-bond donors (Lipinski definition) is 0. The molecule has 0 amide bonds. The van der Waals surface area contributed by atoms with Crippen LogP contribution in [0.15, 0.2) is 0 Å². The lowest BCUT2D eigenvalue weighted by Crippen LogP contribution is -2.03. The molecule has 0 radical (unpaired) electrons. The maximum Gasteiger partial charge on any atom is 0.305 e. The third kappa shape index (κ3) is 1.36. The fourth-order valence-electron chi connectivity index (χ4n) is 1.71. The van der Waals surface area contributed by atoms with Crippen molar-refractivity contribution in [2.24, 2.45) is 17.3 Å². The van der Waals surface area contributed by atoms with E-state index in [-0.39, 0.29) is 23.2 Å². The maximum absolute atomic E-state index is 10.9. The first-order valence-electron chi connectivity index (χ1n) is 4.06. The van der Waals surface area contributed by atoms with Gasteiger partial charge >= 0.3 is 5.97 Å². The summed E-state index contributed by atoms with van der Waals surface area (Å²) in [6.07, 6.45) is 1.31. The first-order chi connectivity index (χ1) is 5.54. The standard InChI is InChI=1S/C9H14O3/c1-9(2)6(7(9)5-10)4-8(11)12-3/h5-7H,4H2,1-3H3. The lowest BCUT2D eigenvalue weighted by Gasteiger charge is -1.99. The van der Waals surface area contributed by atoms with Crippen LogP contribution in [0.2, 0.25) is 0 Å². The van der Waals surface area contributed by atoms with Crippen LogP contribution in [0, 0.1) is 17.3 Å². The van der Waals surface area contributed by atoms with E-state index in [1.165, 1.54) is 7.11 Å². The van der Waals surface area contributed by atoms with Crippen molar-refractivity contribution in [1.29, 1.82) is 0 Å². The number of rotatable bonds is 3. The predicted octanol–water partition coefficient (Wildman–Crippen LogP) is 1.02. The average molecular weight is 170 g/mol.